The Kier molecular flexibility index (Phi) is 3.56. The Hall–Kier alpha value is -3.02. The molecule has 0 saturated heterocycles. The Morgan fingerprint density at radius 3 is 2.10 bits per heavy atom. The average Bonchev–Trinajstić information content (AvgIpc) is 2.41. The van der Waals surface area contributed by atoms with Gasteiger partial charge in [-0.25, -0.2) is 4.79 Å². The highest BCUT2D eigenvalue weighted by Crippen LogP contribution is 2.28. The van der Waals surface area contributed by atoms with E-state index < -0.39 is 11.9 Å². The van der Waals surface area contributed by atoms with Gasteiger partial charge in [-0.2, -0.15) is 0 Å². The zero-order valence-electron chi connectivity index (χ0n) is 10.2. The molecule has 0 bridgehead atoms. The molecular weight excluding hydrogens is 262 g/mol. The van der Waals surface area contributed by atoms with Crippen molar-refractivity contribution in [2.45, 2.75) is 0 Å². The van der Waals surface area contributed by atoms with Crippen LogP contribution in [-0.4, -0.2) is 27.2 Å². The van der Waals surface area contributed by atoms with Gasteiger partial charge in [0.1, 0.15) is 11.5 Å². The number of nitrogens with one attached hydrogen (secondary N) is 1. The van der Waals surface area contributed by atoms with E-state index in [4.69, 9.17) is 5.11 Å². The molecule has 6 nitrogen and oxygen atoms in total. The van der Waals surface area contributed by atoms with E-state index in [-0.39, 0.29) is 28.3 Å². The van der Waals surface area contributed by atoms with Crippen molar-refractivity contribution in [2.75, 3.05) is 5.32 Å². The zero-order chi connectivity index (χ0) is 14.7. The zero-order valence-corrected chi connectivity index (χ0v) is 10.2. The number of carbonyl (C=O) groups is 2. The van der Waals surface area contributed by atoms with E-state index in [9.17, 15) is 19.8 Å². The molecule has 0 spiro atoms. The van der Waals surface area contributed by atoms with Gasteiger partial charge in [0, 0.05) is 0 Å². The maximum Gasteiger partial charge on any atom is 0.337 e. The van der Waals surface area contributed by atoms with Crippen LogP contribution >= 0.6 is 0 Å². The summed E-state index contributed by atoms with van der Waals surface area (Å²) < 4.78 is 0. The van der Waals surface area contributed by atoms with Crippen molar-refractivity contribution in [1.29, 1.82) is 0 Å². The lowest BCUT2D eigenvalue weighted by molar-refractivity contribution is 0.0697. The lowest BCUT2D eigenvalue weighted by Crippen LogP contribution is -2.15. The third kappa shape index (κ3) is 2.54. The van der Waals surface area contributed by atoms with Crippen molar-refractivity contribution >= 4 is 17.6 Å². The summed E-state index contributed by atoms with van der Waals surface area (Å²) in [4.78, 5) is 23.0. The van der Waals surface area contributed by atoms with Gasteiger partial charge < -0.3 is 20.6 Å². The van der Waals surface area contributed by atoms with Crippen molar-refractivity contribution in [2.24, 2.45) is 0 Å². The molecule has 0 atom stereocenters. The molecule has 102 valence electrons. The number of para-hydroxylation sites is 2. The summed E-state index contributed by atoms with van der Waals surface area (Å²) in [5.74, 6) is -2.61. The van der Waals surface area contributed by atoms with Crippen LogP contribution in [0, 0.1) is 0 Å². The highest BCUT2D eigenvalue weighted by Gasteiger charge is 2.18. The van der Waals surface area contributed by atoms with Crippen LogP contribution in [0.5, 0.6) is 11.5 Å². The molecule has 0 radical (unpaired) electrons. The molecule has 0 aliphatic rings. The average molecular weight is 273 g/mol. The molecule has 1 amide bonds. The molecule has 2 aromatic rings. The van der Waals surface area contributed by atoms with Crippen molar-refractivity contribution < 1.29 is 24.9 Å². The number of aromatic hydroxyl groups is 2. The first-order chi connectivity index (χ1) is 9.50. The molecule has 0 fully saturated rings. The maximum absolute atomic E-state index is 12.0. The first kappa shape index (κ1) is 13.4. The second-order valence-corrected chi connectivity index (χ2v) is 3.98. The van der Waals surface area contributed by atoms with Gasteiger partial charge in [-0.3, -0.25) is 4.79 Å². The molecule has 0 aliphatic heterocycles. The number of carbonyl (C=O) groups excluding carboxylic acids is 1. The number of phenolic OH excluding ortho intramolecular Hbond substituents is 2. The first-order valence-electron chi connectivity index (χ1n) is 5.65. The second kappa shape index (κ2) is 5.31. The highest BCUT2D eigenvalue weighted by molar-refractivity contribution is 6.10. The predicted molar refractivity (Wildman–Crippen MR) is 71.1 cm³/mol. The Morgan fingerprint density at radius 2 is 1.45 bits per heavy atom. The number of carboxylic acids is 1. The van der Waals surface area contributed by atoms with Crippen molar-refractivity contribution in [3.63, 3.8) is 0 Å². The van der Waals surface area contributed by atoms with E-state index in [0.29, 0.717) is 0 Å². The fourth-order valence-electron chi connectivity index (χ4n) is 1.70. The topological polar surface area (TPSA) is 107 Å². The number of amides is 1. The molecular formula is C14H11NO5. The summed E-state index contributed by atoms with van der Waals surface area (Å²) in [5.41, 5.74) is -0.478. The Labute approximate surface area is 113 Å². The van der Waals surface area contributed by atoms with Crippen LogP contribution in [0.25, 0.3) is 0 Å². The van der Waals surface area contributed by atoms with E-state index in [1.165, 1.54) is 30.3 Å². The molecule has 6 heteroatoms. The molecule has 0 aromatic heterocycles. The fourth-order valence-corrected chi connectivity index (χ4v) is 1.70. The summed E-state index contributed by atoms with van der Waals surface area (Å²) >= 11 is 0. The van der Waals surface area contributed by atoms with E-state index in [2.05, 4.69) is 5.32 Å². The minimum atomic E-state index is -1.28. The lowest BCUT2D eigenvalue weighted by Gasteiger charge is -2.11. The van der Waals surface area contributed by atoms with Crippen molar-refractivity contribution in [1.82, 2.24) is 0 Å². The first-order valence-corrected chi connectivity index (χ1v) is 5.65. The number of carboxylic acid groups (broad SMARTS) is 1. The summed E-state index contributed by atoms with van der Waals surface area (Å²) in [6.45, 7) is 0. The van der Waals surface area contributed by atoms with Gasteiger partial charge >= 0.3 is 5.97 Å². The molecule has 0 heterocycles. The summed E-state index contributed by atoms with van der Waals surface area (Å²) in [5, 5.41) is 30.5. The summed E-state index contributed by atoms with van der Waals surface area (Å²) in [7, 11) is 0. The molecule has 20 heavy (non-hydrogen) atoms. The smallest absolute Gasteiger partial charge is 0.337 e. The molecule has 0 aliphatic carbocycles. The number of anilines is 1. The van der Waals surface area contributed by atoms with Gasteiger partial charge in [-0.05, 0) is 24.3 Å². The Morgan fingerprint density at radius 1 is 0.850 bits per heavy atom. The second-order valence-electron chi connectivity index (χ2n) is 3.98. The Balaban J connectivity index is 2.38. The van der Waals surface area contributed by atoms with Crippen LogP contribution in [0.1, 0.15) is 20.7 Å². The number of aromatic carboxylic acids is 1. The minimum Gasteiger partial charge on any atom is -0.507 e. The van der Waals surface area contributed by atoms with Crippen molar-refractivity contribution in [3.8, 4) is 11.5 Å². The van der Waals surface area contributed by atoms with Crippen LogP contribution in [0.3, 0.4) is 0 Å². The largest absolute Gasteiger partial charge is 0.507 e. The van der Waals surface area contributed by atoms with E-state index >= 15 is 0 Å². The van der Waals surface area contributed by atoms with E-state index in [1.54, 1.807) is 12.1 Å². The van der Waals surface area contributed by atoms with Crippen LogP contribution in [0.2, 0.25) is 0 Å². The van der Waals surface area contributed by atoms with Crippen LogP contribution in [0.15, 0.2) is 42.5 Å². The third-order valence-corrected chi connectivity index (χ3v) is 2.66. The van der Waals surface area contributed by atoms with Gasteiger partial charge in [-0.1, -0.05) is 18.2 Å². The van der Waals surface area contributed by atoms with E-state index in [1.807, 2.05) is 0 Å². The molecule has 0 saturated carbocycles. The lowest BCUT2D eigenvalue weighted by atomic mass is 10.1. The normalized spacial score (nSPS) is 10.0. The van der Waals surface area contributed by atoms with Crippen LogP contribution in [0.4, 0.5) is 5.69 Å². The number of benzene rings is 2. The standard InChI is InChI=1S/C14H11NO5/c16-10-6-2-1-4-8(10)13(18)15-12-9(14(19)20)5-3-7-11(12)17/h1-7,16-17H,(H,15,18)(H,19,20). The SMILES string of the molecule is O=C(Nc1c(O)cccc1C(=O)O)c1ccccc1O. The van der Waals surface area contributed by atoms with Crippen LogP contribution < -0.4 is 5.32 Å². The fraction of sp³-hybridized carbons (Fsp3) is 0. The molecule has 4 N–H and O–H groups in total. The van der Waals surface area contributed by atoms with Gasteiger partial charge in [0.2, 0.25) is 0 Å². The van der Waals surface area contributed by atoms with E-state index in [0.717, 1.165) is 0 Å². The number of phenols is 2. The molecule has 2 aromatic carbocycles. The van der Waals surface area contributed by atoms with Crippen LogP contribution in [-0.2, 0) is 0 Å². The number of rotatable bonds is 3. The Bertz CT molecular complexity index is 681. The number of hydrogen-bond donors (Lipinski definition) is 4. The van der Waals surface area contributed by atoms with Crippen molar-refractivity contribution in [3.05, 3.63) is 53.6 Å². The molecule has 0 unspecified atom stereocenters. The monoisotopic (exact) mass is 273 g/mol. The quantitative estimate of drug-likeness (QED) is 0.640. The third-order valence-electron chi connectivity index (χ3n) is 2.66. The van der Waals surface area contributed by atoms with Gasteiger partial charge in [0.05, 0.1) is 16.8 Å². The van der Waals surface area contributed by atoms with Gasteiger partial charge in [-0.15, -0.1) is 0 Å². The summed E-state index contributed by atoms with van der Waals surface area (Å²) in [6.07, 6.45) is 0. The predicted octanol–water partition coefficient (Wildman–Crippen LogP) is 2.05. The minimum absolute atomic E-state index is 0.0212. The molecule has 2 rings (SSSR count). The maximum atomic E-state index is 12.0. The summed E-state index contributed by atoms with van der Waals surface area (Å²) in [6, 6.07) is 9.68. The van der Waals surface area contributed by atoms with Gasteiger partial charge in [0.15, 0.2) is 0 Å². The number of hydrogen-bond acceptors (Lipinski definition) is 4. The highest BCUT2D eigenvalue weighted by atomic mass is 16.4. The van der Waals surface area contributed by atoms with Gasteiger partial charge in [0.25, 0.3) is 5.91 Å².